The maximum Gasteiger partial charge on any atom is 0.147 e. The highest BCUT2D eigenvalue weighted by molar-refractivity contribution is 5.19. The average Bonchev–Trinajstić information content (AvgIpc) is 2.47. The number of benzene rings is 1. The standard InChI is InChI=1S/C14H20O5/c1-3-11(19-9-18-2)13(16)14(17)12(15)10-7-5-4-6-8-10/h3-8,11-17H,1,9H2,2H3/t11-,12-,13+,14+/m0/s1. The molecule has 0 aliphatic heterocycles. The monoisotopic (exact) mass is 268 g/mol. The van der Waals surface area contributed by atoms with E-state index in [1.807, 2.05) is 0 Å². The molecule has 0 aromatic heterocycles. The van der Waals surface area contributed by atoms with Gasteiger partial charge in [-0.1, -0.05) is 36.4 Å². The first-order valence-electron chi connectivity index (χ1n) is 5.94. The molecule has 0 radical (unpaired) electrons. The van der Waals surface area contributed by atoms with Crippen LogP contribution < -0.4 is 0 Å². The fraction of sp³-hybridized carbons (Fsp3) is 0.429. The molecule has 0 spiro atoms. The molecule has 0 aliphatic rings. The van der Waals surface area contributed by atoms with Crippen molar-refractivity contribution in [3.05, 3.63) is 48.6 Å². The van der Waals surface area contributed by atoms with Crippen LogP contribution in [0.1, 0.15) is 11.7 Å². The number of ether oxygens (including phenoxy) is 2. The van der Waals surface area contributed by atoms with Gasteiger partial charge in [-0.3, -0.25) is 0 Å². The van der Waals surface area contributed by atoms with Crippen molar-refractivity contribution in [3.63, 3.8) is 0 Å². The van der Waals surface area contributed by atoms with Gasteiger partial charge in [0.2, 0.25) is 0 Å². The zero-order valence-corrected chi connectivity index (χ0v) is 10.8. The summed E-state index contributed by atoms with van der Waals surface area (Å²) in [5.74, 6) is 0. The highest BCUT2D eigenvalue weighted by Crippen LogP contribution is 2.21. The number of aliphatic hydroxyl groups excluding tert-OH is 3. The van der Waals surface area contributed by atoms with Crippen LogP contribution in [0, 0.1) is 0 Å². The molecule has 0 unspecified atom stereocenters. The highest BCUT2D eigenvalue weighted by atomic mass is 16.7. The van der Waals surface area contributed by atoms with Crippen LogP contribution in [0.3, 0.4) is 0 Å². The van der Waals surface area contributed by atoms with Gasteiger partial charge in [-0.15, -0.1) is 6.58 Å². The molecule has 106 valence electrons. The summed E-state index contributed by atoms with van der Waals surface area (Å²) in [7, 11) is 1.45. The van der Waals surface area contributed by atoms with E-state index >= 15 is 0 Å². The molecule has 0 saturated heterocycles. The van der Waals surface area contributed by atoms with Gasteiger partial charge < -0.3 is 24.8 Å². The molecule has 4 atom stereocenters. The average molecular weight is 268 g/mol. The Kier molecular flexibility index (Phi) is 6.69. The lowest BCUT2D eigenvalue weighted by atomic mass is 9.97. The molecule has 1 aromatic carbocycles. The van der Waals surface area contributed by atoms with Gasteiger partial charge in [-0.25, -0.2) is 0 Å². The van der Waals surface area contributed by atoms with Crippen LogP contribution in [-0.2, 0) is 9.47 Å². The van der Waals surface area contributed by atoms with Gasteiger partial charge in [0.15, 0.2) is 0 Å². The van der Waals surface area contributed by atoms with Crippen molar-refractivity contribution in [1.29, 1.82) is 0 Å². The number of rotatable bonds is 8. The van der Waals surface area contributed by atoms with Crippen LogP contribution in [0.2, 0.25) is 0 Å². The van der Waals surface area contributed by atoms with E-state index in [1.54, 1.807) is 30.3 Å². The number of hydrogen-bond donors (Lipinski definition) is 3. The summed E-state index contributed by atoms with van der Waals surface area (Å²) in [6.07, 6.45) is -3.37. The van der Waals surface area contributed by atoms with Crippen LogP contribution in [-0.4, -0.2) is 47.5 Å². The van der Waals surface area contributed by atoms with Crippen molar-refractivity contribution >= 4 is 0 Å². The van der Waals surface area contributed by atoms with E-state index in [-0.39, 0.29) is 6.79 Å². The fourth-order valence-corrected chi connectivity index (χ4v) is 1.68. The molecule has 1 aromatic rings. The quantitative estimate of drug-likeness (QED) is 0.476. The van der Waals surface area contributed by atoms with Crippen LogP contribution in [0.5, 0.6) is 0 Å². The Bertz CT molecular complexity index is 367. The summed E-state index contributed by atoms with van der Waals surface area (Å²) in [6, 6.07) is 8.61. The number of hydrogen-bond acceptors (Lipinski definition) is 5. The topological polar surface area (TPSA) is 79.2 Å². The predicted octanol–water partition coefficient (Wildman–Crippen LogP) is 0.617. The molecule has 0 bridgehead atoms. The van der Waals surface area contributed by atoms with E-state index in [2.05, 4.69) is 6.58 Å². The van der Waals surface area contributed by atoms with Gasteiger partial charge in [-0.2, -0.15) is 0 Å². The zero-order valence-electron chi connectivity index (χ0n) is 10.8. The van der Waals surface area contributed by atoms with Crippen LogP contribution in [0.25, 0.3) is 0 Å². The molecule has 19 heavy (non-hydrogen) atoms. The lowest BCUT2D eigenvalue weighted by molar-refractivity contribution is -0.140. The molecular weight excluding hydrogens is 248 g/mol. The maximum absolute atomic E-state index is 10.00. The van der Waals surface area contributed by atoms with E-state index in [4.69, 9.17) is 9.47 Å². The fourth-order valence-electron chi connectivity index (χ4n) is 1.68. The summed E-state index contributed by atoms with van der Waals surface area (Å²) in [5, 5.41) is 29.9. The van der Waals surface area contributed by atoms with Crippen molar-refractivity contribution in [2.45, 2.75) is 24.4 Å². The van der Waals surface area contributed by atoms with Gasteiger partial charge >= 0.3 is 0 Å². The summed E-state index contributed by atoms with van der Waals surface area (Å²) >= 11 is 0. The third-order valence-corrected chi connectivity index (χ3v) is 2.76. The SMILES string of the molecule is C=C[C@H](OCOC)[C@@H](O)[C@H](O)[C@@H](O)c1ccccc1. The third-order valence-electron chi connectivity index (χ3n) is 2.76. The summed E-state index contributed by atoms with van der Waals surface area (Å²) in [4.78, 5) is 0. The van der Waals surface area contributed by atoms with Crippen molar-refractivity contribution < 1.29 is 24.8 Å². The third kappa shape index (κ3) is 4.41. The number of methoxy groups -OCH3 is 1. The maximum atomic E-state index is 10.00. The minimum atomic E-state index is -1.39. The Labute approximate surface area is 112 Å². The summed E-state index contributed by atoms with van der Waals surface area (Å²) < 4.78 is 9.87. The van der Waals surface area contributed by atoms with Gasteiger partial charge in [-0.05, 0) is 5.56 Å². The van der Waals surface area contributed by atoms with Gasteiger partial charge in [0.1, 0.15) is 31.2 Å². The minimum absolute atomic E-state index is 0.0398. The van der Waals surface area contributed by atoms with Crippen LogP contribution in [0.4, 0.5) is 0 Å². The molecular formula is C14H20O5. The normalized spacial score (nSPS) is 17.5. The second-order valence-electron chi connectivity index (χ2n) is 4.11. The molecule has 0 aliphatic carbocycles. The van der Waals surface area contributed by atoms with Crippen LogP contribution in [0.15, 0.2) is 43.0 Å². The number of aliphatic hydroxyl groups is 3. The van der Waals surface area contributed by atoms with Gasteiger partial charge in [0.05, 0.1) is 0 Å². The lowest BCUT2D eigenvalue weighted by Gasteiger charge is -2.27. The zero-order chi connectivity index (χ0) is 14.3. The van der Waals surface area contributed by atoms with Crippen LogP contribution >= 0.6 is 0 Å². The Hall–Kier alpha value is -1.24. The predicted molar refractivity (Wildman–Crippen MR) is 70.4 cm³/mol. The van der Waals surface area contributed by atoms with Crippen molar-refractivity contribution in [2.24, 2.45) is 0 Å². The van der Waals surface area contributed by atoms with Crippen molar-refractivity contribution in [3.8, 4) is 0 Å². The van der Waals surface area contributed by atoms with Gasteiger partial charge in [0, 0.05) is 7.11 Å². The van der Waals surface area contributed by atoms with Gasteiger partial charge in [0.25, 0.3) is 0 Å². The molecule has 0 fully saturated rings. The van der Waals surface area contributed by atoms with E-state index in [0.29, 0.717) is 5.56 Å². The summed E-state index contributed by atoms with van der Waals surface area (Å²) in [5.41, 5.74) is 0.517. The molecule has 3 N–H and O–H groups in total. The second kappa shape index (κ2) is 8.04. The Morgan fingerprint density at radius 1 is 1.16 bits per heavy atom. The molecule has 0 heterocycles. The Morgan fingerprint density at radius 2 is 1.79 bits per heavy atom. The van der Waals surface area contributed by atoms with Crippen molar-refractivity contribution in [2.75, 3.05) is 13.9 Å². The van der Waals surface area contributed by atoms with E-state index in [0.717, 1.165) is 0 Å². The first-order chi connectivity index (χ1) is 9.11. The van der Waals surface area contributed by atoms with Crippen molar-refractivity contribution in [1.82, 2.24) is 0 Å². The Balaban J connectivity index is 2.69. The van der Waals surface area contributed by atoms with E-state index in [1.165, 1.54) is 13.2 Å². The smallest absolute Gasteiger partial charge is 0.147 e. The first-order valence-corrected chi connectivity index (χ1v) is 5.94. The summed E-state index contributed by atoms with van der Waals surface area (Å²) in [6.45, 7) is 3.48. The Morgan fingerprint density at radius 3 is 2.32 bits per heavy atom. The molecule has 0 amide bonds. The highest BCUT2D eigenvalue weighted by Gasteiger charge is 2.31. The lowest BCUT2D eigenvalue weighted by Crippen LogP contribution is -2.41. The van der Waals surface area contributed by atoms with E-state index < -0.39 is 24.4 Å². The molecule has 1 rings (SSSR count). The minimum Gasteiger partial charge on any atom is -0.387 e. The molecule has 5 nitrogen and oxygen atoms in total. The molecule has 5 heteroatoms. The second-order valence-corrected chi connectivity index (χ2v) is 4.11. The largest absolute Gasteiger partial charge is 0.387 e. The molecule has 0 saturated carbocycles. The first kappa shape index (κ1) is 15.8. The van der Waals surface area contributed by atoms with E-state index in [9.17, 15) is 15.3 Å².